The molecule has 0 aliphatic rings. The maximum Gasteiger partial charge on any atom is 0.261 e. The van der Waals surface area contributed by atoms with Crippen molar-refractivity contribution < 1.29 is 9.53 Å². The van der Waals surface area contributed by atoms with Crippen LogP contribution in [0, 0.1) is 0 Å². The van der Waals surface area contributed by atoms with Crippen molar-refractivity contribution in [3.8, 4) is 5.75 Å². The van der Waals surface area contributed by atoms with Gasteiger partial charge in [-0.15, -0.1) is 11.3 Å². The van der Waals surface area contributed by atoms with Crippen LogP contribution in [-0.4, -0.2) is 29.5 Å². The molecular weight excluding hydrogens is 238 g/mol. The topological polar surface area (TPSA) is 67.0 Å². The Labute approximate surface area is 103 Å². The summed E-state index contributed by atoms with van der Waals surface area (Å²) in [4.78, 5) is 19.3. The fourth-order valence-electron chi connectivity index (χ4n) is 1.36. The van der Waals surface area contributed by atoms with Gasteiger partial charge in [0, 0.05) is 36.3 Å². The molecular formula is C11H13N3O2S. The minimum Gasteiger partial charge on any atom is -0.496 e. The molecule has 0 spiro atoms. The Morgan fingerprint density at radius 3 is 3.18 bits per heavy atom. The van der Waals surface area contributed by atoms with Gasteiger partial charge in [0.1, 0.15) is 5.75 Å². The first kappa shape index (κ1) is 11.7. The Kier molecular flexibility index (Phi) is 3.77. The highest BCUT2D eigenvalue weighted by molar-refractivity contribution is 7.12. The number of carbonyl (C=O) groups is 1. The summed E-state index contributed by atoms with van der Waals surface area (Å²) in [5.41, 5.74) is 1.01. The molecule has 0 saturated carbocycles. The Balaban J connectivity index is 1.81. The number of aromatic nitrogens is 2. The van der Waals surface area contributed by atoms with Crippen LogP contribution in [0.2, 0.25) is 0 Å². The molecule has 2 aromatic heterocycles. The second kappa shape index (κ2) is 5.49. The molecule has 0 aliphatic carbocycles. The Hall–Kier alpha value is -1.82. The average Bonchev–Trinajstić information content (AvgIpc) is 2.99. The highest BCUT2D eigenvalue weighted by atomic mass is 32.1. The summed E-state index contributed by atoms with van der Waals surface area (Å²) in [6.45, 7) is 0.585. The predicted molar refractivity (Wildman–Crippen MR) is 65.5 cm³/mol. The number of carbonyl (C=O) groups excluding carboxylic acids is 1. The molecule has 2 N–H and O–H groups in total. The van der Waals surface area contributed by atoms with Crippen LogP contribution >= 0.6 is 11.3 Å². The van der Waals surface area contributed by atoms with Crippen molar-refractivity contribution in [2.45, 2.75) is 6.42 Å². The van der Waals surface area contributed by atoms with Crippen molar-refractivity contribution in [3.05, 3.63) is 34.5 Å². The molecule has 0 bridgehead atoms. The number of imidazole rings is 1. The SMILES string of the molecule is COc1csc(C(=O)NCCc2cnc[nH]2)c1. The lowest BCUT2D eigenvalue weighted by Crippen LogP contribution is -2.24. The molecule has 0 saturated heterocycles. The van der Waals surface area contributed by atoms with E-state index >= 15 is 0 Å². The van der Waals surface area contributed by atoms with E-state index in [1.807, 2.05) is 5.38 Å². The second-order valence-corrected chi connectivity index (χ2v) is 4.34. The van der Waals surface area contributed by atoms with Gasteiger partial charge in [0.25, 0.3) is 5.91 Å². The van der Waals surface area contributed by atoms with Crippen LogP contribution in [0.3, 0.4) is 0 Å². The quantitative estimate of drug-likeness (QED) is 0.845. The Bertz CT molecular complexity index is 479. The van der Waals surface area contributed by atoms with Gasteiger partial charge in [-0.3, -0.25) is 4.79 Å². The van der Waals surface area contributed by atoms with Gasteiger partial charge < -0.3 is 15.0 Å². The molecule has 2 rings (SSSR count). The number of thiophene rings is 1. The second-order valence-electron chi connectivity index (χ2n) is 3.43. The molecule has 0 radical (unpaired) electrons. The number of aromatic amines is 1. The Morgan fingerprint density at radius 1 is 1.65 bits per heavy atom. The molecule has 90 valence electrons. The van der Waals surface area contributed by atoms with Gasteiger partial charge in [-0.05, 0) is 0 Å². The lowest BCUT2D eigenvalue weighted by molar-refractivity contribution is 0.0958. The number of methoxy groups -OCH3 is 1. The summed E-state index contributed by atoms with van der Waals surface area (Å²) in [7, 11) is 1.59. The molecule has 2 aromatic rings. The van der Waals surface area contributed by atoms with E-state index in [-0.39, 0.29) is 5.91 Å². The van der Waals surface area contributed by atoms with Crippen molar-refractivity contribution in [2.24, 2.45) is 0 Å². The zero-order chi connectivity index (χ0) is 12.1. The van der Waals surface area contributed by atoms with E-state index in [9.17, 15) is 4.79 Å². The van der Waals surface area contributed by atoms with Crippen molar-refractivity contribution in [1.82, 2.24) is 15.3 Å². The molecule has 0 unspecified atom stereocenters. The summed E-state index contributed by atoms with van der Waals surface area (Å²) in [5.74, 6) is 0.645. The van der Waals surface area contributed by atoms with Crippen molar-refractivity contribution in [2.75, 3.05) is 13.7 Å². The van der Waals surface area contributed by atoms with E-state index in [1.165, 1.54) is 11.3 Å². The zero-order valence-corrected chi connectivity index (χ0v) is 10.2. The van der Waals surface area contributed by atoms with Crippen LogP contribution in [0.5, 0.6) is 5.75 Å². The first-order valence-electron chi connectivity index (χ1n) is 5.17. The van der Waals surface area contributed by atoms with Crippen LogP contribution < -0.4 is 10.1 Å². The van der Waals surface area contributed by atoms with E-state index in [0.717, 1.165) is 12.1 Å². The van der Waals surface area contributed by atoms with Gasteiger partial charge in [0.15, 0.2) is 0 Å². The monoisotopic (exact) mass is 251 g/mol. The largest absolute Gasteiger partial charge is 0.496 e. The molecule has 5 nitrogen and oxygen atoms in total. The van der Waals surface area contributed by atoms with E-state index in [4.69, 9.17) is 4.74 Å². The van der Waals surface area contributed by atoms with Crippen molar-refractivity contribution in [1.29, 1.82) is 0 Å². The van der Waals surface area contributed by atoms with Crippen LogP contribution in [0.25, 0.3) is 0 Å². The number of hydrogen-bond acceptors (Lipinski definition) is 4. The lowest BCUT2D eigenvalue weighted by Gasteiger charge is -2.01. The number of H-pyrrole nitrogens is 1. The molecule has 0 atom stereocenters. The average molecular weight is 251 g/mol. The third-order valence-electron chi connectivity index (χ3n) is 2.27. The first-order chi connectivity index (χ1) is 8.29. The number of rotatable bonds is 5. The van der Waals surface area contributed by atoms with E-state index < -0.39 is 0 Å². The highest BCUT2D eigenvalue weighted by Crippen LogP contribution is 2.20. The number of amides is 1. The third kappa shape index (κ3) is 3.07. The normalized spacial score (nSPS) is 10.2. The van der Waals surface area contributed by atoms with Gasteiger partial charge in [-0.25, -0.2) is 4.98 Å². The standard InChI is InChI=1S/C11H13N3O2S/c1-16-9-4-10(17-6-9)11(15)13-3-2-8-5-12-7-14-8/h4-7H,2-3H2,1H3,(H,12,14)(H,13,15). The molecule has 0 fully saturated rings. The van der Waals surface area contributed by atoms with Gasteiger partial charge in [0.2, 0.25) is 0 Å². The van der Waals surface area contributed by atoms with Crippen LogP contribution in [0.15, 0.2) is 24.0 Å². The molecule has 2 heterocycles. The van der Waals surface area contributed by atoms with Gasteiger partial charge in [-0.1, -0.05) is 0 Å². The van der Waals surface area contributed by atoms with Crippen molar-refractivity contribution >= 4 is 17.2 Å². The molecule has 17 heavy (non-hydrogen) atoms. The smallest absolute Gasteiger partial charge is 0.261 e. The van der Waals surface area contributed by atoms with Crippen LogP contribution in [-0.2, 0) is 6.42 Å². The van der Waals surface area contributed by atoms with E-state index in [0.29, 0.717) is 17.2 Å². The summed E-state index contributed by atoms with van der Waals surface area (Å²) in [6.07, 6.45) is 4.12. The van der Waals surface area contributed by atoms with Crippen LogP contribution in [0.1, 0.15) is 15.4 Å². The highest BCUT2D eigenvalue weighted by Gasteiger charge is 2.08. The number of nitrogens with zero attached hydrogens (tertiary/aromatic N) is 1. The van der Waals surface area contributed by atoms with E-state index in [2.05, 4.69) is 15.3 Å². The summed E-state index contributed by atoms with van der Waals surface area (Å²) in [6, 6.07) is 1.73. The third-order valence-corrected chi connectivity index (χ3v) is 3.18. The van der Waals surface area contributed by atoms with Gasteiger partial charge in [-0.2, -0.15) is 0 Å². The number of hydrogen-bond donors (Lipinski definition) is 2. The number of ether oxygens (including phenoxy) is 1. The molecule has 0 aliphatic heterocycles. The molecule has 6 heteroatoms. The molecule has 1 amide bonds. The predicted octanol–water partition coefficient (Wildman–Crippen LogP) is 1.45. The van der Waals surface area contributed by atoms with Gasteiger partial charge >= 0.3 is 0 Å². The summed E-state index contributed by atoms with van der Waals surface area (Å²) in [5, 5.41) is 4.65. The van der Waals surface area contributed by atoms with Gasteiger partial charge in [0.05, 0.1) is 18.3 Å². The fourth-order valence-corrected chi connectivity index (χ4v) is 2.13. The molecule has 0 aromatic carbocycles. The summed E-state index contributed by atoms with van der Waals surface area (Å²) >= 11 is 1.37. The maximum absolute atomic E-state index is 11.7. The fraction of sp³-hybridized carbons (Fsp3) is 0.273. The number of nitrogens with one attached hydrogen (secondary N) is 2. The minimum absolute atomic E-state index is 0.0715. The zero-order valence-electron chi connectivity index (χ0n) is 9.40. The lowest BCUT2D eigenvalue weighted by atomic mass is 10.3. The minimum atomic E-state index is -0.0715. The Morgan fingerprint density at radius 2 is 2.53 bits per heavy atom. The van der Waals surface area contributed by atoms with E-state index in [1.54, 1.807) is 25.7 Å². The maximum atomic E-state index is 11.7. The van der Waals surface area contributed by atoms with Crippen molar-refractivity contribution in [3.63, 3.8) is 0 Å². The first-order valence-corrected chi connectivity index (χ1v) is 6.05. The summed E-state index contributed by atoms with van der Waals surface area (Å²) < 4.78 is 5.03. The van der Waals surface area contributed by atoms with Crippen LogP contribution in [0.4, 0.5) is 0 Å².